The number of thioether (sulfide) groups is 1. The van der Waals surface area contributed by atoms with E-state index in [0.29, 0.717) is 41.9 Å². The third kappa shape index (κ3) is 9.29. The van der Waals surface area contributed by atoms with Crippen LogP contribution in [-0.2, 0) is 18.7 Å². The predicted molar refractivity (Wildman–Crippen MR) is 130 cm³/mol. The molecule has 0 heterocycles. The van der Waals surface area contributed by atoms with Gasteiger partial charge in [-0.3, -0.25) is 14.2 Å². The summed E-state index contributed by atoms with van der Waals surface area (Å²) in [6.45, 7) is 3.98. The molecule has 4 atom stereocenters. The minimum atomic E-state index is -2.78. The molecule has 0 saturated heterocycles. The van der Waals surface area contributed by atoms with E-state index in [1.165, 1.54) is 6.42 Å². The van der Waals surface area contributed by atoms with Crippen LogP contribution in [-0.4, -0.2) is 55.0 Å². The quantitative estimate of drug-likeness (QED) is 0.225. The molecular formula is C23H43N2O4PS. The molecule has 0 radical (unpaired) electrons. The molecule has 2 rings (SSSR count). The highest BCUT2D eigenvalue weighted by molar-refractivity contribution is 7.99. The number of carbonyl (C=O) groups is 2. The molecule has 3 unspecified atom stereocenters. The van der Waals surface area contributed by atoms with Crippen LogP contribution < -0.4 is 10.4 Å². The first-order valence-corrected chi connectivity index (χ1v) is 15.2. The van der Waals surface area contributed by atoms with Crippen molar-refractivity contribution in [3.63, 3.8) is 0 Å². The van der Waals surface area contributed by atoms with E-state index >= 15 is 0 Å². The van der Waals surface area contributed by atoms with Gasteiger partial charge in [-0.15, -0.1) is 0 Å². The number of ketones is 2. The molecule has 2 saturated carbocycles. The van der Waals surface area contributed by atoms with E-state index in [9.17, 15) is 14.2 Å². The van der Waals surface area contributed by atoms with Crippen molar-refractivity contribution in [1.82, 2.24) is 10.4 Å². The van der Waals surface area contributed by atoms with Crippen molar-refractivity contribution in [2.45, 2.75) is 90.1 Å². The molecule has 0 aromatic carbocycles. The summed E-state index contributed by atoms with van der Waals surface area (Å²) < 4.78 is 18.0. The Labute approximate surface area is 193 Å². The standard InChI is InChI=1S/C23H43N2O4PS/c1-4-29-30(28,24-3)15-16-31-17-22(23(27)20-9-6-5-7-10-20)25-21-12-8-11-19(13-14-21)18(2)26/h19-22,25H,4-17H2,1-3H3,(H,24,28)/t19?,21?,22-,30?/m0/s1. The topological polar surface area (TPSA) is 84.5 Å². The van der Waals surface area contributed by atoms with Crippen LogP contribution in [0.1, 0.15) is 78.1 Å². The zero-order valence-electron chi connectivity index (χ0n) is 19.7. The number of rotatable bonds is 13. The Kier molecular flexibility index (Phi) is 12.3. The lowest BCUT2D eigenvalue weighted by molar-refractivity contribution is -0.125. The summed E-state index contributed by atoms with van der Waals surface area (Å²) in [5.41, 5.74) is 0. The lowest BCUT2D eigenvalue weighted by Crippen LogP contribution is -2.47. The number of Topliss-reactive ketones (excluding diaryl/α,β-unsaturated/α-hetero) is 2. The second kappa shape index (κ2) is 14.1. The van der Waals surface area contributed by atoms with Crippen LogP contribution in [0, 0.1) is 11.8 Å². The minimum absolute atomic E-state index is 0.159. The fraction of sp³-hybridized carbons (Fsp3) is 0.913. The average Bonchev–Trinajstić information content (AvgIpc) is 3.02. The van der Waals surface area contributed by atoms with E-state index in [4.69, 9.17) is 4.52 Å². The van der Waals surface area contributed by atoms with Gasteiger partial charge >= 0.3 is 0 Å². The highest BCUT2D eigenvalue weighted by Gasteiger charge is 2.31. The second-order valence-electron chi connectivity index (χ2n) is 9.08. The molecule has 0 aromatic heterocycles. The van der Waals surface area contributed by atoms with Crippen LogP contribution >= 0.6 is 19.3 Å². The molecule has 2 fully saturated rings. The van der Waals surface area contributed by atoms with Crippen LogP contribution in [0.3, 0.4) is 0 Å². The van der Waals surface area contributed by atoms with Crippen LogP contribution in [0.4, 0.5) is 0 Å². The van der Waals surface area contributed by atoms with E-state index < -0.39 is 7.52 Å². The normalized spacial score (nSPS) is 26.0. The average molecular weight is 475 g/mol. The summed E-state index contributed by atoms with van der Waals surface area (Å²) in [6.07, 6.45) is 11.0. The maximum absolute atomic E-state index is 13.4. The first kappa shape index (κ1) is 27.0. The molecule has 0 bridgehead atoms. The number of hydrogen-bond acceptors (Lipinski definition) is 6. The Morgan fingerprint density at radius 1 is 1.03 bits per heavy atom. The van der Waals surface area contributed by atoms with E-state index in [0.717, 1.165) is 57.8 Å². The van der Waals surface area contributed by atoms with Crippen molar-refractivity contribution in [3.05, 3.63) is 0 Å². The highest BCUT2D eigenvalue weighted by Crippen LogP contribution is 2.41. The maximum Gasteiger partial charge on any atom is 0.270 e. The molecule has 2 aliphatic rings. The van der Waals surface area contributed by atoms with Gasteiger partial charge in [0, 0.05) is 35.5 Å². The summed E-state index contributed by atoms with van der Waals surface area (Å²) in [5.74, 6) is 2.43. The Morgan fingerprint density at radius 3 is 2.39 bits per heavy atom. The lowest BCUT2D eigenvalue weighted by atomic mass is 9.84. The zero-order valence-corrected chi connectivity index (χ0v) is 21.4. The fourth-order valence-corrected chi connectivity index (χ4v) is 7.92. The SMILES string of the molecule is CCOP(=O)(CCSC[C@H](NC1CCCC(C(C)=O)CC1)C(=O)C1CCCCC1)NC. The second-order valence-corrected chi connectivity index (χ2v) is 12.7. The molecule has 0 aliphatic heterocycles. The largest absolute Gasteiger partial charge is 0.318 e. The summed E-state index contributed by atoms with van der Waals surface area (Å²) in [6, 6.07) is 0.141. The third-order valence-corrected chi connectivity index (χ3v) is 10.4. The molecular weight excluding hydrogens is 431 g/mol. The highest BCUT2D eigenvalue weighted by atomic mass is 32.2. The number of nitrogens with one attached hydrogen (secondary N) is 2. The summed E-state index contributed by atoms with van der Waals surface area (Å²) in [7, 11) is -1.10. The van der Waals surface area contributed by atoms with Gasteiger partial charge in [0.05, 0.1) is 12.6 Å². The van der Waals surface area contributed by atoms with Gasteiger partial charge in [0.1, 0.15) is 5.78 Å². The third-order valence-electron chi connectivity index (χ3n) is 6.82. The summed E-state index contributed by atoms with van der Waals surface area (Å²) >= 11 is 1.69. The van der Waals surface area contributed by atoms with Crippen LogP contribution in [0.15, 0.2) is 0 Å². The minimum Gasteiger partial charge on any atom is -0.318 e. The predicted octanol–water partition coefficient (Wildman–Crippen LogP) is 4.81. The van der Waals surface area contributed by atoms with Gasteiger partial charge in [-0.25, -0.2) is 5.09 Å². The van der Waals surface area contributed by atoms with E-state index in [1.807, 2.05) is 6.92 Å². The van der Waals surface area contributed by atoms with Gasteiger partial charge in [0.25, 0.3) is 7.52 Å². The van der Waals surface area contributed by atoms with Crippen molar-refractivity contribution < 1.29 is 18.7 Å². The van der Waals surface area contributed by atoms with Crippen LogP contribution in [0.2, 0.25) is 0 Å². The number of carbonyl (C=O) groups excluding carboxylic acids is 2. The molecule has 180 valence electrons. The first-order chi connectivity index (χ1) is 14.9. The monoisotopic (exact) mass is 474 g/mol. The van der Waals surface area contributed by atoms with Gasteiger partial charge < -0.3 is 9.84 Å². The van der Waals surface area contributed by atoms with E-state index in [2.05, 4.69) is 10.4 Å². The Morgan fingerprint density at radius 2 is 1.74 bits per heavy atom. The van der Waals surface area contributed by atoms with Crippen molar-refractivity contribution in [3.8, 4) is 0 Å². The molecule has 0 amide bonds. The molecule has 8 heteroatoms. The molecule has 2 aliphatic carbocycles. The van der Waals surface area contributed by atoms with Gasteiger partial charge in [0.15, 0.2) is 5.78 Å². The summed E-state index contributed by atoms with van der Waals surface area (Å²) in [4.78, 5) is 25.2. The van der Waals surface area contributed by atoms with Gasteiger partial charge in [-0.2, -0.15) is 11.8 Å². The van der Waals surface area contributed by atoms with Crippen molar-refractivity contribution in [2.24, 2.45) is 11.8 Å². The molecule has 6 nitrogen and oxygen atoms in total. The smallest absolute Gasteiger partial charge is 0.270 e. The Balaban J connectivity index is 1.93. The van der Waals surface area contributed by atoms with Crippen molar-refractivity contribution >= 4 is 30.8 Å². The van der Waals surface area contributed by atoms with Crippen LogP contribution in [0.25, 0.3) is 0 Å². The fourth-order valence-electron chi connectivity index (χ4n) is 4.88. The Hall–Kier alpha value is -0.200. The molecule has 0 spiro atoms. The van der Waals surface area contributed by atoms with E-state index in [1.54, 1.807) is 25.7 Å². The zero-order chi connectivity index (χ0) is 22.7. The van der Waals surface area contributed by atoms with Crippen molar-refractivity contribution in [2.75, 3.05) is 31.3 Å². The number of hydrogen-bond donors (Lipinski definition) is 2. The maximum atomic E-state index is 13.4. The van der Waals surface area contributed by atoms with Gasteiger partial charge in [-0.05, 0) is 59.4 Å². The van der Waals surface area contributed by atoms with Crippen LogP contribution in [0.5, 0.6) is 0 Å². The Bertz CT molecular complexity index is 612. The summed E-state index contributed by atoms with van der Waals surface area (Å²) in [5, 5.41) is 6.53. The molecule has 2 N–H and O–H groups in total. The molecule has 31 heavy (non-hydrogen) atoms. The van der Waals surface area contributed by atoms with Gasteiger partial charge in [0.2, 0.25) is 0 Å². The first-order valence-electron chi connectivity index (χ1n) is 12.2. The van der Waals surface area contributed by atoms with Crippen molar-refractivity contribution in [1.29, 1.82) is 0 Å². The van der Waals surface area contributed by atoms with E-state index in [-0.39, 0.29) is 17.9 Å². The molecule has 0 aromatic rings. The van der Waals surface area contributed by atoms with Gasteiger partial charge in [-0.1, -0.05) is 25.7 Å². The lowest BCUT2D eigenvalue weighted by Gasteiger charge is -2.29.